The number of carbonyl (C=O) groups excluding carboxylic acids is 1. The molecule has 4 rings (SSSR count). The molecule has 0 bridgehead atoms. The Hall–Kier alpha value is -3.15. The smallest absolute Gasteiger partial charge is 0.340 e. The molecule has 0 aliphatic heterocycles. The molecule has 2 aromatic carbocycles. The second-order valence-electron chi connectivity index (χ2n) is 4.88. The molecular formula is C17H12N2O4. The van der Waals surface area contributed by atoms with Crippen molar-refractivity contribution in [2.45, 2.75) is 6.92 Å². The quantitative estimate of drug-likeness (QED) is 0.535. The van der Waals surface area contributed by atoms with Crippen LogP contribution in [0, 0.1) is 0 Å². The van der Waals surface area contributed by atoms with Crippen LogP contribution in [0.1, 0.15) is 17.3 Å². The monoisotopic (exact) mass is 308 g/mol. The molecule has 0 aliphatic rings. The lowest BCUT2D eigenvalue weighted by molar-refractivity contribution is 0.0528. The summed E-state index contributed by atoms with van der Waals surface area (Å²) in [6.45, 7) is 2.05. The molecule has 23 heavy (non-hydrogen) atoms. The van der Waals surface area contributed by atoms with Crippen LogP contribution in [0.2, 0.25) is 0 Å². The van der Waals surface area contributed by atoms with Gasteiger partial charge in [-0.15, -0.1) is 0 Å². The van der Waals surface area contributed by atoms with Crippen molar-refractivity contribution >= 4 is 28.2 Å². The van der Waals surface area contributed by atoms with Crippen molar-refractivity contribution < 1.29 is 18.4 Å². The number of ether oxygens (including phenoxy) is 1. The molecule has 2 aromatic heterocycles. The van der Waals surface area contributed by atoms with Gasteiger partial charge in [0.05, 0.1) is 12.2 Å². The van der Waals surface area contributed by atoms with Crippen LogP contribution in [0.15, 0.2) is 51.3 Å². The van der Waals surface area contributed by atoms with Crippen molar-refractivity contribution in [1.82, 2.24) is 9.97 Å². The van der Waals surface area contributed by atoms with E-state index in [1.165, 1.54) is 0 Å². The third-order valence-electron chi connectivity index (χ3n) is 3.39. The molecular weight excluding hydrogens is 296 g/mol. The van der Waals surface area contributed by atoms with Gasteiger partial charge in [-0.3, -0.25) is 0 Å². The Balaban J connectivity index is 1.85. The van der Waals surface area contributed by atoms with Crippen LogP contribution in [0.4, 0.5) is 0 Å². The van der Waals surface area contributed by atoms with Gasteiger partial charge in [-0.2, -0.15) is 0 Å². The number of fused-ring (bicyclic) bond motifs is 2. The zero-order valence-corrected chi connectivity index (χ0v) is 12.3. The van der Waals surface area contributed by atoms with Crippen LogP contribution in [0.5, 0.6) is 0 Å². The lowest BCUT2D eigenvalue weighted by Crippen LogP contribution is -2.05. The maximum atomic E-state index is 12.0. The van der Waals surface area contributed by atoms with E-state index in [-0.39, 0.29) is 11.8 Å². The highest BCUT2D eigenvalue weighted by molar-refractivity contribution is 6.01. The van der Waals surface area contributed by atoms with Gasteiger partial charge in [-0.05, 0) is 31.2 Å². The minimum atomic E-state index is -0.435. The van der Waals surface area contributed by atoms with Crippen molar-refractivity contribution in [2.24, 2.45) is 0 Å². The number of nitrogens with zero attached hydrogens (tertiary/aromatic N) is 2. The highest BCUT2D eigenvalue weighted by atomic mass is 16.5. The van der Waals surface area contributed by atoms with Crippen LogP contribution < -0.4 is 0 Å². The zero-order valence-electron chi connectivity index (χ0n) is 12.3. The molecule has 6 heteroatoms. The van der Waals surface area contributed by atoms with Gasteiger partial charge in [-0.25, -0.2) is 14.8 Å². The van der Waals surface area contributed by atoms with Gasteiger partial charge in [0.1, 0.15) is 11.0 Å². The largest absolute Gasteiger partial charge is 0.462 e. The molecule has 0 unspecified atom stereocenters. The van der Waals surface area contributed by atoms with Crippen LogP contribution in [-0.2, 0) is 4.74 Å². The average molecular weight is 308 g/mol. The summed E-state index contributed by atoms with van der Waals surface area (Å²) in [7, 11) is 0. The molecule has 0 aliphatic carbocycles. The molecule has 0 atom stereocenters. The van der Waals surface area contributed by atoms with Crippen LogP contribution in [0.25, 0.3) is 34.0 Å². The van der Waals surface area contributed by atoms with E-state index in [4.69, 9.17) is 13.6 Å². The third-order valence-corrected chi connectivity index (χ3v) is 3.39. The van der Waals surface area contributed by atoms with E-state index in [1.54, 1.807) is 25.1 Å². The van der Waals surface area contributed by atoms with Gasteiger partial charge in [0, 0.05) is 0 Å². The first-order chi connectivity index (χ1) is 11.3. The van der Waals surface area contributed by atoms with Gasteiger partial charge in [-0.1, -0.05) is 18.2 Å². The highest BCUT2D eigenvalue weighted by Crippen LogP contribution is 2.28. The van der Waals surface area contributed by atoms with E-state index in [0.29, 0.717) is 28.9 Å². The number of para-hydroxylation sites is 3. The predicted molar refractivity (Wildman–Crippen MR) is 83.0 cm³/mol. The molecule has 2 heterocycles. The first-order valence-corrected chi connectivity index (χ1v) is 7.19. The number of hydrogen-bond acceptors (Lipinski definition) is 6. The minimum absolute atomic E-state index is 0.230. The lowest BCUT2D eigenvalue weighted by atomic mass is 10.2. The predicted octanol–water partition coefficient (Wildman–Crippen LogP) is 3.81. The molecule has 0 saturated heterocycles. The summed E-state index contributed by atoms with van der Waals surface area (Å²) < 4.78 is 16.4. The third kappa shape index (κ3) is 2.24. The summed E-state index contributed by atoms with van der Waals surface area (Å²) in [5.41, 5.74) is 2.64. The summed E-state index contributed by atoms with van der Waals surface area (Å²) in [6, 6.07) is 12.5. The fourth-order valence-corrected chi connectivity index (χ4v) is 2.38. The SMILES string of the molecule is CCOC(=O)c1cccc2oc(-c3nc4ccccc4o3)nc12. The Labute approximate surface area is 130 Å². The van der Waals surface area contributed by atoms with E-state index >= 15 is 0 Å². The Morgan fingerprint density at radius 2 is 1.74 bits per heavy atom. The summed E-state index contributed by atoms with van der Waals surface area (Å²) in [4.78, 5) is 20.7. The number of rotatable bonds is 3. The Morgan fingerprint density at radius 3 is 2.57 bits per heavy atom. The van der Waals surface area contributed by atoms with Crippen LogP contribution in [0.3, 0.4) is 0 Å². The molecule has 0 amide bonds. The Kier molecular flexibility index (Phi) is 3.08. The summed E-state index contributed by atoms with van der Waals surface area (Å²) in [5.74, 6) is 0.0701. The fourth-order valence-electron chi connectivity index (χ4n) is 2.38. The first kappa shape index (κ1) is 13.5. The van der Waals surface area contributed by atoms with Crippen LogP contribution in [-0.4, -0.2) is 22.5 Å². The number of benzene rings is 2. The molecule has 114 valence electrons. The van der Waals surface area contributed by atoms with Crippen molar-refractivity contribution in [1.29, 1.82) is 0 Å². The highest BCUT2D eigenvalue weighted by Gasteiger charge is 2.19. The fraction of sp³-hybridized carbons (Fsp3) is 0.118. The second-order valence-corrected chi connectivity index (χ2v) is 4.88. The van der Waals surface area contributed by atoms with Crippen molar-refractivity contribution in [3.05, 3.63) is 48.0 Å². The maximum absolute atomic E-state index is 12.0. The molecule has 0 N–H and O–H groups in total. The Morgan fingerprint density at radius 1 is 1.00 bits per heavy atom. The van der Waals surface area contributed by atoms with Gasteiger partial charge < -0.3 is 13.6 Å². The summed E-state index contributed by atoms with van der Waals surface area (Å²) >= 11 is 0. The summed E-state index contributed by atoms with van der Waals surface area (Å²) in [5, 5.41) is 0. The van der Waals surface area contributed by atoms with Gasteiger partial charge in [0.25, 0.3) is 11.8 Å². The maximum Gasteiger partial charge on any atom is 0.340 e. The standard InChI is InChI=1S/C17H12N2O4/c1-2-21-17(20)10-6-5-9-13-14(10)19-16(23-13)15-18-11-7-3-4-8-12(11)22-15/h3-9H,2H2,1H3. The first-order valence-electron chi connectivity index (χ1n) is 7.19. The molecule has 0 saturated carbocycles. The van der Waals surface area contributed by atoms with E-state index in [0.717, 1.165) is 5.52 Å². The minimum Gasteiger partial charge on any atom is -0.462 e. The van der Waals surface area contributed by atoms with Crippen molar-refractivity contribution in [3.8, 4) is 11.8 Å². The van der Waals surface area contributed by atoms with Crippen LogP contribution >= 0.6 is 0 Å². The van der Waals surface area contributed by atoms with Gasteiger partial charge >= 0.3 is 5.97 Å². The van der Waals surface area contributed by atoms with E-state index in [9.17, 15) is 4.79 Å². The van der Waals surface area contributed by atoms with E-state index in [2.05, 4.69) is 9.97 Å². The summed E-state index contributed by atoms with van der Waals surface area (Å²) in [6.07, 6.45) is 0. The molecule has 4 aromatic rings. The molecule has 6 nitrogen and oxygen atoms in total. The van der Waals surface area contributed by atoms with Crippen molar-refractivity contribution in [3.63, 3.8) is 0 Å². The second kappa shape index (κ2) is 5.24. The number of hydrogen-bond donors (Lipinski definition) is 0. The normalized spacial score (nSPS) is 11.2. The van der Waals surface area contributed by atoms with Gasteiger partial charge in [0.2, 0.25) is 0 Å². The number of carbonyl (C=O) groups is 1. The van der Waals surface area contributed by atoms with Gasteiger partial charge in [0.15, 0.2) is 11.2 Å². The zero-order chi connectivity index (χ0) is 15.8. The van der Waals surface area contributed by atoms with Crippen molar-refractivity contribution in [2.75, 3.05) is 6.61 Å². The lowest BCUT2D eigenvalue weighted by Gasteiger charge is -2.00. The molecule has 0 spiro atoms. The average Bonchev–Trinajstić information content (AvgIpc) is 3.18. The molecule has 0 fully saturated rings. The van der Waals surface area contributed by atoms with E-state index < -0.39 is 5.97 Å². The number of esters is 1. The topological polar surface area (TPSA) is 78.4 Å². The molecule has 0 radical (unpaired) electrons. The van der Waals surface area contributed by atoms with E-state index in [1.807, 2.05) is 24.3 Å². The Bertz CT molecular complexity index is 983. The number of oxazole rings is 2. The number of aromatic nitrogens is 2.